The predicted molar refractivity (Wildman–Crippen MR) is 97.9 cm³/mol. The molecule has 2 aromatic heterocycles. The maximum Gasteiger partial charge on any atom is 0.0451 e. The van der Waals surface area contributed by atoms with E-state index in [4.69, 9.17) is 5.73 Å². The average molecular weight is 324 g/mol. The molecule has 4 heteroatoms. The lowest BCUT2D eigenvalue weighted by atomic mass is 9.72. The van der Waals surface area contributed by atoms with Gasteiger partial charge in [-0.1, -0.05) is 12.1 Å². The summed E-state index contributed by atoms with van der Waals surface area (Å²) in [5.74, 6) is 0.488. The van der Waals surface area contributed by atoms with Gasteiger partial charge in [0.1, 0.15) is 0 Å². The summed E-state index contributed by atoms with van der Waals surface area (Å²) in [6.45, 7) is 6.34. The molecule has 0 spiro atoms. The second kappa shape index (κ2) is 7.41. The summed E-state index contributed by atoms with van der Waals surface area (Å²) in [6, 6.07) is 8.23. The minimum Gasteiger partial charge on any atom is -0.324 e. The Morgan fingerprint density at radius 2 is 1.50 bits per heavy atom. The van der Waals surface area contributed by atoms with E-state index >= 15 is 0 Å². The molecule has 0 amide bonds. The van der Waals surface area contributed by atoms with E-state index in [9.17, 15) is 0 Å². The van der Waals surface area contributed by atoms with Crippen LogP contribution < -0.4 is 11.1 Å². The summed E-state index contributed by atoms with van der Waals surface area (Å²) in [5, 5.41) is 3.45. The van der Waals surface area contributed by atoms with Crippen molar-refractivity contribution in [2.75, 3.05) is 13.1 Å². The van der Waals surface area contributed by atoms with Crippen LogP contribution in [0, 0.1) is 19.8 Å². The number of aryl methyl sites for hydroxylation is 2. The zero-order valence-corrected chi connectivity index (χ0v) is 14.8. The molecule has 1 saturated heterocycles. The smallest absolute Gasteiger partial charge is 0.0451 e. The number of pyridine rings is 2. The highest BCUT2D eigenvalue weighted by atomic mass is 14.9. The maximum absolute atomic E-state index is 7.07. The van der Waals surface area contributed by atoms with Crippen LogP contribution in [0.15, 0.2) is 36.7 Å². The third-order valence-corrected chi connectivity index (χ3v) is 5.38. The van der Waals surface area contributed by atoms with Crippen molar-refractivity contribution in [1.29, 1.82) is 0 Å². The van der Waals surface area contributed by atoms with Crippen LogP contribution in [-0.4, -0.2) is 28.6 Å². The second-order valence-electron chi connectivity index (χ2n) is 7.14. The standard InChI is InChI=1S/C20H28N4/c1-15-5-3-9-23-18(15)13-20(21,17-7-11-22-12-8-17)14-19-16(2)6-4-10-24-19/h3-6,9-10,17,22H,7-8,11-14,21H2,1-2H3. The second-order valence-corrected chi connectivity index (χ2v) is 7.14. The number of aromatic nitrogens is 2. The lowest BCUT2D eigenvalue weighted by Gasteiger charge is -2.40. The van der Waals surface area contributed by atoms with Crippen LogP contribution in [0.3, 0.4) is 0 Å². The largest absolute Gasteiger partial charge is 0.324 e. The molecule has 3 N–H and O–H groups in total. The molecule has 4 nitrogen and oxygen atoms in total. The zero-order chi connectivity index (χ0) is 17.0. The van der Waals surface area contributed by atoms with Crippen LogP contribution >= 0.6 is 0 Å². The molecule has 0 saturated carbocycles. The van der Waals surface area contributed by atoms with E-state index in [-0.39, 0.29) is 5.54 Å². The van der Waals surface area contributed by atoms with E-state index in [0.717, 1.165) is 50.2 Å². The fraction of sp³-hybridized carbons (Fsp3) is 0.500. The van der Waals surface area contributed by atoms with Gasteiger partial charge in [0.2, 0.25) is 0 Å². The number of hydrogen-bond donors (Lipinski definition) is 2. The quantitative estimate of drug-likeness (QED) is 0.887. The first-order valence-corrected chi connectivity index (χ1v) is 8.89. The summed E-state index contributed by atoms with van der Waals surface area (Å²) < 4.78 is 0. The Hall–Kier alpha value is -1.78. The molecular weight excluding hydrogens is 296 g/mol. The van der Waals surface area contributed by atoms with Gasteiger partial charge in [-0.25, -0.2) is 0 Å². The molecule has 1 fully saturated rings. The Bertz CT molecular complexity index is 629. The van der Waals surface area contributed by atoms with Gasteiger partial charge in [-0.2, -0.15) is 0 Å². The third kappa shape index (κ3) is 3.82. The van der Waals surface area contributed by atoms with Crippen LogP contribution in [0.25, 0.3) is 0 Å². The molecule has 0 aromatic carbocycles. The van der Waals surface area contributed by atoms with Crippen LogP contribution in [0.1, 0.15) is 35.4 Å². The van der Waals surface area contributed by atoms with Crippen LogP contribution in [0.2, 0.25) is 0 Å². The third-order valence-electron chi connectivity index (χ3n) is 5.38. The molecule has 2 aromatic rings. The summed E-state index contributed by atoms with van der Waals surface area (Å²) in [7, 11) is 0. The molecule has 0 aliphatic carbocycles. The number of nitrogens with one attached hydrogen (secondary N) is 1. The monoisotopic (exact) mass is 324 g/mol. The number of rotatable bonds is 5. The molecule has 1 aliphatic rings. The fourth-order valence-corrected chi connectivity index (χ4v) is 3.78. The molecule has 0 bridgehead atoms. The lowest BCUT2D eigenvalue weighted by molar-refractivity contribution is 0.207. The number of hydrogen-bond acceptors (Lipinski definition) is 4. The van der Waals surface area contributed by atoms with Gasteiger partial charge in [0.25, 0.3) is 0 Å². The SMILES string of the molecule is Cc1cccnc1CC(N)(Cc1ncccc1C)C1CCNCC1. The zero-order valence-electron chi connectivity index (χ0n) is 14.8. The van der Waals surface area contributed by atoms with E-state index < -0.39 is 0 Å². The highest BCUT2D eigenvalue weighted by Crippen LogP contribution is 2.31. The molecule has 3 heterocycles. The first-order valence-electron chi connectivity index (χ1n) is 8.89. The van der Waals surface area contributed by atoms with E-state index in [2.05, 4.69) is 41.3 Å². The molecule has 24 heavy (non-hydrogen) atoms. The highest BCUT2D eigenvalue weighted by molar-refractivity contribution is 5.25. The first-order chi connectivity index (χ1) is 11.6. The van der Waals surface area contributed by atoms with E-state index in [1.165, 1.54) is 11.1 Å². The van der Waals surface area contributed by atoms with Gasteiger partial charge < -0.3 is 11.1 Å². The topological polar surface area (TPSA) is 63.8 Å². The Morgan fingerprint density at radius 3 is 1.96 bits per heavy atom. The molecule has 0 radical (unpaired) electrons. The average Bonchev–Trinajstić information content (AvgIpc) is 2.60. The van der Waals surface area contributed by atoms with E-state index in [1.54, 1.807) is 0 Å². The van der Waals surface area contributed by atoms with Crippen LogP contribution in [0.4, 0.5) is 0 Å². The first kappa shape index (κ1) is 17.1. The minimum atomic E-state index is -0.305. The Kier molecular flexibility index (Phi) is 5.27. The van der Waals surface area contributed by atoms with Crippen molar-refractivity contribution in [2.45, 2.75) is 45.1 Å². The van der Waals surface area contributed by atoms with Gasteiger partial charge in [0.15, 0.2) is 0 Å². The van der Waals surface area contributed by atoms with Gasteiger partial charge in [-0.3, -0.25) is 9.97 Å². The van der Waals surface area contributed by atoms with Crippen molar-refractivity contribution >= 4 is 0 Å². The Labute approximate surface area is 144 Å². The van der Waals surface area contributed by atoms with Crippen LogP contribution in [0.5, 0.6) is 0 Å². The molecule has 0 unspecified atom stereocenters. The van der Waals surface area contributed by atoms with E-state index in [0.29, 0.717) is 5.92 Å². The van der Waals surface area contributed by atoms with Crippen molar-refractivity contribution in [3.05, 3.63) is 59.2 Å². The van der Waals surface area contributed by atoms with Crippen molar-refractivity contribution in [1.82, 2.24) is 15.3 Å². The maximum atomic E-state index is 7.07. The van der Waals surface area contributed by atoms with Gasteiger partial charge in [0, 0.05) is 42.2 Å². The van der Waals surface area contributed by atoms with Gasteiger partial charge in [-0.15, -0.1) is 0 Å². The normalized spacial score (nSPS) is 16.3. The number of nitrogens with two attached hydrogens (primary N) is 1. The van der Waals surface area contributed by atoms with Gasteiger partial charge in [-0.05, 0) is 69.0 Å². The van der Waals surface area contributed by atoms with Gasteiger partial charge in [0.05, 0.1) is 0 Å². The Balaban J connectivity index is 1.91. The number of nitrogens with zero attached hydrogens (tertiary/aromatic N) is 2. The van der Waals surface area contributed by atoms with Crippen molar-refractivity contribution in [3.63, 3.8) is 0 Å². The summed E-state index contributed by atoms with van der Waals surface area (Å²) in [4.78, 5) is 9.21. The highest BCUT2D eigenvalue weighted by Gasteiger charge is 2.37. The predicted octanol–water partition coefficient (Wildman–Crippen LogP) is 2.58. The van der Waals surface area contributed by atoms with E-state index in [1.807, 2.05) is 24.5 Å². The molecule has 128 valence electrons. The Morgan fingerprint density at radius 1 is 1.00 bits per heavy atom. The minimum absolute atomic E-state index is 0.305. The lowest BCUT2D eigenvalue weighted by Crippen LogP contribution is -2.54. The van der Waals surface area contributed by atoms with Gasteiger partial charge >= 0.3 is 0 Å². The number of piperidine rings is 1. The van der Waals surface area contributed by atoms with Crippen molar-refractivity contribution < 1.29 is 0 Å². The summed E-state index contributed by atoms with van der Waals surface area (Å²) >= 11 is 0. The van der Waals surface area contributed by atoms with Crippen molar-refractivity contribution in [2.24, 2.45) is 11.7 Å². The summed E-state index contributed by atoms with van der Waals surface area (Å²) in [6.07, 6.45) is 7.59. The molecule has 0 atom stereocenters. The fourth-order valence-electron chi connectivity index (χ4n) is 3.78. The van der Waals surface area contributed by atoms with Crippen molar-refractivity contribution in [3.8, 4) is 0 Å². The summed E-state index contributed by atoms with van der Waals surface area (Å²) in [5.41, 5.74) is 11.4. The molecular formula is C20H28N4. The molecule has 1 aliphatic heterocycles. The van der Waals surface area contributed by atoms with Crippen LogP contribution in [-0.2, 0) is 12.8 Å². The molecule has 3 rings (SSSR count).